The van der Waals surface area contributed by atoms with Crippen LogP contribution in [-0.2, 0) is 10.0 Å². The van der Waals surface area contributed by atoms with E-state index in [2.05, 4.69) is 18.9 Å². The first-order valence-corrected chi connectivity index (χ1v) is 9.42. The highest BCUT2D eigenvalue weighted by atomic mass is 32.2. The van der Waals surface area contributed by atoms with E-state index in [-0.39, 0.29) is 0 Å². The lowest BCUT2D eigenvalue weighted by molar-refractivity contribution is -0.0562. The topological polar surface area (TPSA) is 60.9 Å². The Balaban J connectivity index is 1.96. The van der Waals surface area contributed by atoms with E-state index >= 15 is 0 Å². The van der Waals surface area contributed by atoms with Crippen LogP contribution in [0, 0.1) is 5.92 Å². The third kappa shape index (κ3) is 3.93. The Morgan fingerprint density at radius 2 is 2.05 bits per heavy atom. The fraction of sp³-hybridized carbons (Fsp3) is 1.00. The molecule has 20 heavy (non-hydrogen) atoms. The van der Waals surface area contributed by atoms with Gasteiger partial charge < -0.3 is 10.0 Å². The molecule has 1 N–H and O–H groups in total. The molecule has 5 nitrogen and oxygen atoms in total. The maximum absolute atomic E-state index is 11.7. The quantitative estimate of drug-likeness (QED) is 0.841. The van der Waals surface area contributed by atoms with Gasteiger partial charge in [0.25, 0.3) is 0 Å². The number of aliphatic hydroxyl groups is 1. The molecule has 2 aliphatic heterocycles. The number of piperidine rings is 2. The van der Waals surface area contributed by atoms with Gasteiger partial charge >= 0.3 is 0 Å². The molecule has 2 saturated heterocycles. The smallest absolute Gasteiger partial charge is 0.211 e. The Kier molecular flexibility index (Phi) is 4.79. The minimum atomic E-state index is -3.10. The van der Waals surface area contributed by atoms with Crippen molar-refractivity contribution in [1.29, 1.82) is 0 Å². The molecular weight excluding hydrogens is 276 g/mol. The van der Waals surface area contributed by atoms with Gasteiger partial charge in [-0.2, -0.15) is 0 Å². The van der Waals surface area contributed by atoms with E-state index in [0.29, 0.717) is 25.0 Å². The standard InChI is InChI=1S/C14H28N2O3S/c1-12-9-14(17,6-8-15(12)2)10-13-5-4-7-16(11-13)20(3,18)19/h12-13,17H,4-11H2,1-3H3. The molecule has 0 aromatic carbocycles. The lowest BCUT2D eigenvalue weighted by atomic mass is 9.78. The van der Waals surface area contributed by atoms with Crippen LogP contribution in [0.1, 0.15) is 39.0 Å². The first-order valence-electron chi connectivity index (χ1n) is 7.57. The zero-order valence-corrected chi connectivity index (χ0v) is 13.7. The molecule has 0 aliphatic carbocycles. The van der Waals surface area contributed by atoms with Crippen molar-refractivity contribution in [2.24, 2.45) is 5.92 Å². The van der Waals surface area contributed by atoms with Gasteiger partial charge in [0, 0.05) is 25.7 Å². The average molecular weight is 304 g/mol. The van der Waals surface area contributed by atoms with Crippen LogP contribution >= 0.6 is 0 Å². The van der Waals surface area contributed by atoms with Gasteiger partial charge in [-0.3, -0.25) is 0 Å². The van der Waals surface area contributed by atoms with Gasteiger partial charge in [-0.15, -0.1) is 0 Å². The highest BCUT2D eigenvalue weighted by molar-refractivity contribution is 7.88. The summed E-state index contributed by atoms with van der Waals surface area (Å²) in [6.45, 7) is 4.27. The number of rotatable bonds is 3. The molecule has 0 saturated carbocycles. The van der Waals surface area contributed by atoms with E-state index in [9.17, 15) is 13.5 Å². The summed E-state index contributed by atoms with van der Waals surface area (Å²) in [5.41, 5.74) is -0.614. The van der Waals surface area contributed by atoms with Gasteiger partial charge in [-0.25, -0.2) is 12.7 Å². The highest BCUT2D eigenvalue weighted by Gasteiger charge is 2.38. The third-order valence-electron chi connectivity index (χ3n) is 4.98. The van der Waals surface area contributed by atoms with Crippen molar-refractivity contribution in [2.75, 3.05) is 32.9 Å². The maximum Gasteiger partial charge on any atom is 0.211 e. The van der Waals surface area contributed by atoms with Gasteiger partial charge in [0.1, 0.15) is 0 Å². The van der Waals surface area contributed by atoms with E-state index in [1.165, 1.54) is 6.26 Å². The molecule has 0 aromatic rings. The first kappa shape index (κ1) is 16.2. The molecule has 2 fully saturated rings. The zero-order valence-electron chi connectivity index (χ0n) is 12.9. The molecule has 0 spiro atoms. The Bertz CT molecular complexity index is 440. The van der Waals surface area contributed by atoms with Crippen LogP contribution in [-0.4, -0.2) is 67.3 Å². The maximum atomic E-state index is 11.7. The van der Waals surface area contributed by atoms with Gasteiger partial charge in [0.15, 0.2) is 0 Å². The Hall–Kier alpha value is -0.170. The van der Waals surface area contributed by atoms with Crippen molar-refractivity contribution in [2.45, 2.75) is 50.7 Å². The number of hydrogen-bond donors (Lipinski definition) is 1. The van der Waals surface area contributed by atoms with Crippen molar-refractivity contribution in [1.82, 2.24) is 9.21 Å². The van der Waals surface area contributed by atoms with Crippen LogP contribution in [0.4, 0.5) is 0 Å². The molecule has 0 aromatic heterocycles. The van der Waals surface area contributed by atoms with E-state index < -0.39 is 15.6 Å². The van der Waals surface area contributed by atoms with Crippen LogP contribution in [0.15, 0.2) is 0 Å². The van der Waals surface area contributed by atoms with Crippen LogP contribution in [0.3, 0.4) is 0 Å². The monoisotopic (exact) mass is 304 g/mol. The van der Waals surface area contributed by atoms with Gasteiger partial charge in [-0.1, -0.05) is 0 Å². The van der Waals surface area contributed by atoms with Crippen molar-refractivity contribution >= 4 is 10.0 Å². The Morgan fingerprint density at radius 3 is 2.65 bits per heavy atom. The lowest BCUT2D eigenvalue weighted by Gasteiger charge is -2.44. The average Bonchev–Trinajstić information content (AvgIpc) is 2.33. The molecule has 6 heteroatoms. The Morgan fingerprint density at radius 1 is 1.35 bits per heavy atom. The molecule has 2 aliphatic rings. The molecule has 0 bridgehead atoms. The molecule has 2 rings (SSSR count). The number of sulfonamides is 1. The SMILES string of the molecule is CC1CC(O)(CC2CCCN(S(C)(=O)=O)C2)CCN1C. The largest absolute Gasteiger partial charge is 0.390 e. The Labute approximate surface area is 123 Å². The number of nitrogens with zero attached hydrogens (tertiary/aromatic N) is 2. The summed E-state index contributed by atoms with van der Waals surface area (Å²) in [7, 11) is -1.00. The van der Waals surface area contributed by atoms with Crippen LogP contribution in [0.25, 0.3) is 0 Å². The van der Waals surface area contributed by atoms with Crippen molar-refractivity contribution in [3.05, 3.63) is 0 Å². The normalized spacial score (nSPS) is 38.0. The molecule has 3 atom stereocenters. The fourth-order valence-corrected chi connectivity index (χ4v) is 4.57. The van der Waals surface area contributed by atoms with E-state index in [0.717, 1.165) is 38.6 Å². The van der Waals surface area contributed by atoms with Gasteiger partial charge in [0.2, 0.25) is 10.0 Å². The fourth-order valence-electron chi connectivity index (χ4n) is 3.63. The lowest BCUT2D eigenvalue weighted by Crippen LogP contribution is -2.50. The summed E-state index contributed by atoms with van der Waals surface area (Å²) in [6, 6.07) is 0.392. The summed E-state index contributed by atoms with van der Waals surface area (Å²) in [6.07, 6.45) is 5.53. The third-order valence-corrected chi connectivity index (χ3v) is 6.25. The predicted molar refractivity (Wildman–Crippen MR) is 80.0 cm³/mol. The molecule has 3 unspecified atom stereocenters. The second-order valence-electron chi connectivity index (χ2n) is 6.84. The second-order valence-corrected chi connectivity index (χ2v) is 8.82. The molecule has 118 valence electrons. The van der Waals surface area contributed by atoms with Crippen molar-refractivity contribution in [3.63, 3.8) is 0 Å². The predicted octanol–water partition coefficient (Wildman–Crippen LogP) is 0.893. The minimum absolute atomic E-state index is 0.291. The summed E-state index contributed by atoms with van der Waals surface area (Å²) < 4.78 is 24.9. The molecule has 0 amide bonds. The summed E-state index contributed by atoms with van der Waals surface area (Å²) in [5, 5.41) is 10.8. The van der Waals surface area contributed by atoms with E-state index in [1.54, 1.807) is 4.31 Å². The van der Waals surface area contributed by atoms with Crippen LogP contribution < -0.4 is 0 Å². The summed E-state index contributed by atoms with van der Waals surface area (Å²) in [5.74, 6) is 0.291. The van der Waals surface area contributed by atoms with Gasteiger partial charge in [-0.05, 0) is 52.0 Å². The summed E-state index contributed by atoms with van der Waals surface area (Å²) >= 11 is 0. The molecular formula is C14H28N2O3S. The summed E-state index contributed by atoms with van der Waals surface area (Å²) in [4.78, 5) is 2.28. The first-order chi connectivity index (χ1) is 9.20. The number of likely N-dealkylation sites (tertiary alicyclic amines) is 1. The van der Waals surface area contributed by atoms with Crippen molar-refractivity contribution < 1.29 is 13.5 Å². The minimum Gasteiger partial charge on any atom is -0.390 e. The van der Waals surface area contributed by atoms with Gasteiger partial charge in [0.05, 0.1) is 11.9 Å². The number of hydrogen-bond acceptors (Lipinski definition) is 4. The second kappa shape index (κ2) is 5.91. The molecule has 2 heterocycles. The van der Waals surface area contributed by atoms with Crippen LogP contribution in [0.5, 0.6) is 0 Å². The zero-order chi connectivity index (χ0) is 15.0. The molecule has 0 radical (unpaired) electrons. The van der Waals surface area contributed by atoms with Crippen molar-refractivity contribution in [3.8, 4) is 0 Å². The van der Waals surface area contributed by atoms with Crippen LogP contribution in [0.2, 0.25) is 0 Å². The highest BCUT2D eigenvalue weighted by Crippen LogP contribution is 2.34. The van der Waals surface area contributed by atoms with E-state index in [1.807, 2.05) is 0 Å². The van der Waals surface area contributed by atoms with E-state index in [4.69, 9.17) is 0 Å².